The normalized spacial score (nSPS) is 10.7. The Morgan fingerprint density at radius 3 is 2.56 bits per heavy atom. The van der Waals surface area contributed by atoms with Crippen LogP contribution in [-0.2, 0) is 13.2 Å². The van der Waals surface area contributed by atoms with E-state index in [0.717, 1.165) is 11.1 Å². The Labute approximate surface area is 200 Å². The number of amides is 1. The maximum absolute atomic E-state index is 12.7. The van der Waals surface area contributed by atoms with E-state index in [9.17, 15) is 4.79 Å². The van der Waals surface area contributed by atoms with Crippen molar-refractivity contribution in [3.63, 3.8) is 0 Å². The number of nitrogens with one attached hydrogen (secondary N) is 1. The monoisotopic (exact) mass is 485 g/mol. The number of aromatic nitrogens is 2. The first-order valence-corrected chi connectivity index (χ1v) is 10.9. The number of carbonyl (C=O) groups is 1. The average molecular weight is 487 g/mol. The largest absolute Gasteiger partial charge is 0.489 e. The van der Waals surface area contributed by atoms with Gasteiger partial charge >= 0.3 is 0 Å². The lowest BCUT2D eigenvalue weighted by molar-refractivity contribution is 0.102. The summed E-state index contributed by atoms with van der Waals surface area (Å²) in [6, 6.07) is 21.4. The molecule has 32 heavy (non-hydrogen) atoms. The molecule has 1 heterocycles. The number of nitrogens with zero attached hydrogens (tertiary/aromatic N) is 2. The summed E-state index contributed by atoms with van der Waals surface area (Å²) in [6.45, 7) is 0.778. The van der Waals surface area contributed by atoms with Gasteiger partial charge < -0.3 is 10.1 Å². The Kier molecular flexibility index (Phi) is 7.00. The van der Waals surface area contributed by atoms with E-state index in [1.54, 1.807) is 53.3 Å². The second kappa shape index (κ2) is 10.1. The van der Waals surface area contributed by atoms with Gasteiger partial charge in [-0.2, -0.15) is 5.10 Å². The number of carbonyl (C=O) groups excluding carboxylic acids is 1. The minimum absolute atomic E-state index is 0.260. The number of anilines is 1. The molecule has 0 fully saturated rings. The molecule has 0 saturated carbocycles. The summed E-state index contributed by atoms with van der Waals surface area (Å²) >= 11 is 18.1. The van der Waals surface area contributed by atoms with Crippen LogP contribution in [0.4, 0.5) is 5.82 Å². The molecule has 1 amide bonds. The molecule has 0 aliphatic heterocycles. The van der Waals surface area contributed by atoms with Gasteiger partial charge in [-0.25, -0.2) is 0 Å². The molecule has 1 aromatic heterocycles. The Bertz CT molecular complexity index is 1260. The minimum Gasteiger partial charge on any atom is -0.489 e. The molecule has 3 aromatic carbocycles. The van der Waals surface area contributed by atoms with E-state index in [4.69, 9.17) is 39.5 Å². The van der Waals surface area contributed by atoms with E-state index in [1.807, 2.05) is 30.3 Å². The quantitative estimate of drug-likeness (QED) is 0.315. The SMILES string of the molecule is O=C(Nc1ccn(Cc2ccc(Cl)cc2Cl)n1)c1cccc(COc2cccc(Cl)c2)c1. The fraction of sp³-hybridized carbons (Fsp3) is 0.0833. The molecule has 0 spiro atoms. The van der Waals surface area contributed by atoms with Crippen LogP contribution in [0, 0.1) is 0 Å². The lowest BCUT2D eigenvalue weighted by atomic mass is 10.1. The predicted octanol–water partition coefficient (Wildman–Crippen LogP) is 6.72. The lowest BCUT2D eigenvalue weighted by Crippen LogP contribution is -2.13. The highest BCUT2D eigenvalue weighted by atomic mass is 35.5. The third kappa shape index (κ3) is 5.82. The fourth-order valence-electron chi connectivity index (χ4n) is 3.06. The molecule has 1 N–H and O–H groups in total. The van der Waals surface area contributed by atoms with Gasteiger partial charge in [0.25, 0.3) is 5.91 Å². The molecule has 4 aromatic rings. The van der Waals surface area contributed by atoms with Gasteiger partial charge in [-0.3, -0.25) is 9.48 Å². The van der Waals surface area contributed by atoms with Crippen molar-refractivity contribution in [3.05, 3.63) is 111 Å². The number of halogens is 3. The summed E-state index contributed by atoms with van der Waals surface area (Å²) in [5.74, 6) is 0.851. The molecule has 0 atom stereocenters. The first kappa shape index (κ1) is 22.2. The molecule has 4 rings (SSSR count). The molecule has 0 bridgehead atoms. The van der Waals surface area contributed by atoms with E-state index in [1.165, 1.54) is 0 Å². The average Bonchev–Trinajstić information content (AvgIpc) is 3.21. The van der Waals surface area contributed by atoms with Gasteiger partial charge in [-0.15, -0.1) is 0 Å². The van der Waals surface area contributed by atoms with Crippen molar-refractivity contribution in [2.24, 2.45) is 0 Å². The second-order valence-corrected chi connectivity index (χ2v) is 8.31. The van der Waals surface area contributed by atoms with Crippen LogP contribution in [0.3, 0.4) is 0 Å². The van der Waals surface area contributed by atoms with Crippen molar-refractivity contribution in [2.75, 3.05) is 5.32 Å². The van der Waals surface area contributed by atoms with Gasteiger partial charge in [0.05, 0.1) is 6.54 Å². The topological polar surface area (TPSA) is 56.2 Å². The molecule has 162 valence electrons. The predicted molar refractivity (Wildman–Crippen MR) is 128 cm³/mol. The van der Waals surface area contributed by atoms with Gasteiger partial charge in [0.2, 0.25) is 0 Å². The highest BCUT2D eigenvalue weighted by molar-refractivity contribution is 6.35. The zero-order chi connectivity index (χ0) is 22.5. The molecule has 5 nitrogen and oxygen atoms in total. The van der Waals surface area contributed by atoms with Crippen molar-refractivity contribution >= 4 is 46.5 Å². The van der Waals surface area contributed by atoms with Crippen LogP contribution < -0.4 is 10.1 Å². The number of hydrogen-bond donors (Lipinski definition) is 1. The zero-order valence-electron chi connectivity index (χ0n) is 16.8. The highest BCUT2D eigenvalue weighted by Crippen LogP contribution is 2.22. The summed E-state index contributed by atoms with van der Waals surface area (Å²) < 4.78 is 7.45. The number of hydrogen-bond acceptors (Lipinski definition) is 3. The number of ether oxygens (including phenoxy) is 1. The van der Waals surface area contributed by atoms with Gasteiger partial charge in [-0.1, -0.05) is 59.1 Å². The Hall–Kier alpha value is -2.99. The van der Waals surface area contributed by atoms with E-state index < -0.39 is 0 Å². The zero-order valence-corrected chi connectivity index (χ0v) is 19.0. The molecule has 0 unspecified atom stereocenters. The van der Waals surface area contributed by atoms with Crippen molar-refractivity contribution in [3.8, 4) is 5.75 Å². The van der Waals surface area contributed by atoms with Crippen LogP contribution in [0.25, 0.3) is 0 Å². The van der Waals surface area contributed by atoms with Crippen molar-refractivity contribution < 1.29 is 9.53 Å². The fourth-order valence-corrected chi connectivity index (χ4v) is 3.70. The van der Waals surface area contributed by atoms with E-state index in [0.29, 0.717) is 45.4 Å². The van der Waals surface area contributed by atoms with Gasteiger partial charge in [-0.05, 0) is 53.6 Å². The van der Waals surface area contributed by atoms with Crippen LogP contribution in [0.2, 0.25) is 15.1 Å². The van der Waals surface area contributed by atoms with Crippen molar-refractivity contribution in [1.29, 1.82) is 0 Å². The third-order valence-electron chi connectivity index (χ3n) is 4.62. The summed E-state index contributed by atoms with van der Waals surface area (Å²) in [5, 5.41) is 8.96. The Morgan fingerprint density at radius 2 is 1.75 bits per heavy atom. The molecule has 0 aliphatic rings. The van der Waals surface area contributed by atoms with Crippen LogP contribution in [0.15, 0.2) is 79.0 Å². The minimum atomic E-state index is -0.260. The van der Waals surface area contributed by atoms with Crippen molar-refractivity contribution in [2.45, 2.75) is 13.2 Å². The third-order valence-corrected chi connectivity index (χ3v) is 5.44. The highest BCUT2D eigenvalue weighted by Gasteiger charge is 2.10. The summed E-state index contributed by atoms with van der Waals surface area (Å²) in [4.78, 5) is 12.7. The van der Waals surface area contributed by atoms with Gasteiger partial charge in [0.1, 0.15) is 12.4 Å². The number of rotatable bonds is 7. The first-order chi connectivity index (χ1) is 15.5. The standard InChI is InChI=1S/C24H18Cl3N3O2/c25-19-5-2-6-21(12-19)32-15-16-3-1-4-17(11-16)24(31)28-23-9-10-30(29-23)14-18-7-8-20(26)13-22(18)27/h1-13H,14-15H2,(H,28,29,31). The van der Waals surface area contributed by atoms with Crippen LogP contribution in [0.5, 0.6) is 5.75 Å². The molecule has 0 aliphatic carbocycles. The molecular formula is C24H18Cl3N3O2. The molecule has 0 radical (unpaired) electrons. The Balaban J connectivity index is 1.38. The van der Waals surface area contributed by atoms with E-state index in [-0.39, 0.29) is 5.91 Å². The maximum atomic E-state index is 12.7. The van der Waals surface area contributed by atoms with Crippen LogP contribution in [-0.4, -0.2) is 15.7 Å². The summed E-state index contributed by atoms with van der Waals surface area (Å²) in [6.07, 6.45) is 1.77. The second-order valence-electron chi connectivity index (χ2n) is 7.03. The van der Waals surface area contributed by atoms with Gasteiger partial charge in [0.15, 0.2) is 5.82 Å². The van der Waals surface area contributed by atoms with E-state index >= 15 is 0 Å². The van der Waals surface area contributed by atoms with E-state index in [2.05, 4.69) is 10.4 Å². The van der Waals surface area contributed by atoms with Crippen molar-refractivity contribution in [1.82, 2.24) is 9.78 Å². The smallest absolute Gasteiger partial charge is 0.256 e. The molecule has 8 heteroatoms. The first-order valence-electron chi connectivity index (χ1n) is 9.72. The van der Waals surface area contributed by atoms with Crippen LogP contribution in [0.1, 0.15) is 21.5 Å². The van der Waals surface area contributed by atoms with Crippen LogP contribution >= 0.6 is 34.8 Å². The maximum Gasteiger partial charge on any atom is 0.256 e. The molecular weight excluding hydrogens is 469 g/mol. The Morgan fingerprint density at radius 1 is 0.938 bits per heavy atom. The number of benzene rings is 3. The molecule has 0 saturated heterocycles. The summed E-state index contributed by atoms with van der Waals surface area (Å²) in [7, 11) is 0. The summed E-state index contributed by atoms with van der Waals surface area (Å²) in [5.41, 5.74) is 2.25. The lowest BCUT2D eigenvalue weighted by Gasteiger charge is -2.08. The van der Waals surface area contributed by atoms with Gasteiger partial charge in [0, 0.05) is 32.9 Å².